The van der Waals surface area contributed by atoms with Gasteiger partial charge in [-0.25, -0.2) is 15.0 Å². The standard InChI is InChI=1S/C20H22N6O/c1-13-5-3-6-14-9-15(16(25-17(13)14)7-4-8-27-2)10-26-12-24-18-19(21)22-11-23-20(18)26/h3,5-6,9,11-12H,4,7-8,10H2,1-2H3,(H2,21,22,23). The molecule has 0 aliphatic carbocycles. The van der Waals surface area contributed by atoms with Crippen molar-refractivity contribution >= 4 is 27.9 Å². The van der Waals surface area contributed by atoms with Crippen molar-refractivity contribution in [3.05, 3.63) is 53.7 Å². The highest BCUT2D eigenvalue weighted by molar-refractivity contribution is 5.83. The van der Waals surface area contributed by atoms with E-state index in [2.05, 4.69) is 46.1 Å². The van der Waals surface area contributed by atoms with Gasteiger partial charge in [0.05, 0.1) is 18.4 Å². The van der Waals surface area contributed by atoms with Crippen LogP contribution < -0.4 is 5.73 Å². The molecule has 7 heteroatoms. The molecule has 27 heavy (non-hydrogen) atoms. The molecular weight excluding hydrogens is 340 g/mol. The lowest BCUT2D eigenvalue weighted by molar-refractivity contribution is 0.195. The molecule has 4 rings (SSSR count). The molecule has 0 amide bonds. The van der Waals surface area contributed by atoms with Gasteiger partial charge in [0.1, 0.15) is 11.8 Å². The van der Waals surface area contributed by atoms with Gasteiger partial charge in [0.25, 0.3) is 0 Å². The fourth-order valence-electron chi connectivity index (χ4n) is 3.36. The number of ether oxygens (including phenoxy) is 1. The van der Waals surface area contributed by atoms with Gasteiger partial charge in [-0.1, -0.05) is 18.2 Å². The Morgan fingerprint density at radius 2 is 2.04 bits per heavy atom. The first kappa shape index (κ1) is 17.4. The van der Waals surface area contributed by atoms with Gasteiger partial charge >= 0.3 is 0 Å². The first-order chi connectivity index (χ1) is 13.2. The van der Waals surface area contributed by atoms with Crippen LogP contribution in [-0.4, -0.2) is 38.2 Å². The van der Waals surface area contributed by atoms with Gasteiger partial charge in [0, 0.05) is 24.8 Å². The summed E-state index contributed by atoms with van der Waals surface area (Å²) in [5.74, 6) is 0.395. The number of rotatable bonds is 6. The van der Waals surface area contributed by atoms with Crippen molar-refractivity contribution in [3.63, 3.8) is 0 Å². The van der Waals surface area contributed by atoms with Crippen molar-refractivity contribution in [3.8, 4) is 0 Å². The van der Waals surface area contributed by atoms with E-state index in [0.29, 0.717) is 24.5 Å². The molecule has 3 heterocycles. The van der Waals surface area contributed by atoms with Gasteiger partial charge in [-0.3, -0.25) is 4.98 Å². The molecule has 138 valence electrons. The van der Waals surface area contributed by atoms with Crippen LogP contribution in [0.15, 0.2) is 36.9 Å². The number of fused-ring (bicyclic) bond motifs is 2. The molecule has 0 spiro atoms. The minimum absolute atomic E-state index is 0.395. The Hall–Kier alpha value is -3.06. The number of hydrogen-bond donors (Lipinski definition) is 1. The Labute approximate surface area is 157 Å². The SMILES string of the molecule is COCCCc1nc2c(C)cccc2cc1Cn1cnc2c(N)ncnc21. The average molecular weight is 362 g/mol. The zero-order chi connectivity index (χ0) is 18.8. The van der Waals surface area contributed by atoms with Crippen molar-refractivity contribution in [2.75, 3.05) is 19.5 Å². The lowest BCUT2D eigenvalue weighted by Crippen LogP contribution is -2.07. The molecule has 0 atom stereocenters. The maximum absolute atomic E-state index is 5.91. The zero-order valence-corrected chi connectivity index (χ0v) is 15.5. The molecule has 2 N–H and O–H groups in total. The van der Waals surface area contributed by atoms with Crippen LogP contribution >= 0.6 is 0 Å². The number of methoxy groups -OCH3 is 1. The van der Waals surface area contributed by atoms with Crippen LogP contribution in [0.3, 0.4) is 0 Å². The Kier molecular flexibility index (Phi) is 4.68. The number of aromatic nitrogens is 5. The van der Waals surface area contributed by atoms with Crippen LogP contribution in [0.1, 0.15) is 23.2 Å². The van der Waals surface area contributed by atoms with Gasteiger partial charge in [0.15, 0.2) is 11.5 Å². The maximum Gasteiger partial charge on any atom is 0.165 e. The highest BCUT2D eigenvalue weighted by Gasteiger charge is 2.13. The van der Waals surface area contributed by atoms with E-state index >= 15 is 0 Å². The highest BCUT2D eigenvalue weighted by atomic mass is 16.5. The highest BCUT2D eigenvalue weighted by Crippen LogP contribution is 2.23. The minimum atomic E-state index is 0.395. The first-order valence-electron chi connectivity index (χ1n) is 8.95. The van der Waals surface area contributed by atoms with Gasteiger partial charge in [-0.05, 0) is 37.0 Å². The lowest BCUT2D eigenvalue weighted by atomic mass is 10.0. The van der Waals surface area contributed by atoms with Gasteiger partial charge < -0.3 is 15.0 Å². The number of imidazole rings is 1. The van der Waals surface area contributed by atoms with E-state index in [1.165, 1.54) is 11.9 Å². The largest absolute Gasteiger partial charge is 0.385 e. The Balaban J connectivity index is 1.78. The third-order valence-corrected chi connectivity index (χ3v) is 4.75. The molecule has 0 radical (unpaired) electrons. The van der Waals surface area contributed by atoms with Crippen LogP contribution in [-0.2, 0) is 17.7 Å². The molecule has 0 unspecified atom stereocenters. The Morgan fingerprint density at radius 3 is 2.89 bits per heavy atom. The van der Waals surface area contributed by atoms with Crippen molar-refractivity contribution in [1.29, 1.82) is 0 Å². The van der Waals surface area contributed by atoms with E-state index in [1.54, 1.807) is 13.4 Å². The summed E-state index contributed by atoms with van der Waals surface area (Å²) in [6, 6.07) is 8.48. The van der Waals surface area contributed by atoms with E-state index in [0.717, 1.165) is 40.6 Å². The van der Waals surface area contributed by atoms with E-state index in [1.807, 2.05) is 4.57 Å². The molecule has 0 bridgehead atoms. The van der Waals surface area contributed by atoms with Crippen molar-refractivity contribution < 1.29 is 4.74 Å². The van der Waals surface area contributed by atoms with Crippen LogP contribution in [0.4, 0.5) is 5.82 Å². The van der Waals surface area contributed by atoms with Crippen LogP contribution in [0.25, 0.3) is 22.1 Å². The number of pyridine rings is 1. The summed E-state index contributed by atoms with van der Waals surface area (Å²) in [4.78, 5) is 17.7. The van der Waals surface area contributed by atoms with E-state index in [-0.39, 0.29) is 0 Å². The molecule has 0 aliphatic heterocycles. The quantitative estimate of drug-likeness (QED) is 0.530. The molecule has 4 aromatic rings. The molecule has 0 saturated heterocycles. The van der Waals surface area contributed by atoms with Gasteiger partial charge in [0.2, 0.25) is 0 Å². The third kappa shape index (κ3) is 3.33. The monoisotopic (exact) mass is 362 g/mol. The van der Waals surface area contributed by atoms with E-state index in [4.69, 9.17) is 15.5 Å². The van der Waals surface area contributed by atoms with Crippen LogP contribution in [0.2, 0.25) is 0 Å². The summed E-state index contributed by atoms with van der Waals surface area (Å²) in [5, 5.41) is 1.14. The zero-order valence-electron chi connectivity index (χ0n) is 15.5. The number of para-hydroxylation sites is 1. The summed E-state index contributed by atoms with van der Waals surface area (Å²) in [6.45, 7) is 3.44. The van der Waals surface area contributed by atoms with Gasteiger partial charge in [-0.15, -0.1) is 0 Å². The van der Waals surface area contributed by atoms with E-state index < -0.39 is 0 Å². The first-order valence-corrected chi connectivity index (χ1v) is 8.95. The Morgan fingerprint density at radius 1 is 1.15 bits per heavy atom. The second-order valence-electron chi connectivity index (χ2n) is 6.64. The predicted octanol–water partition coefficient (Wildman–Crippen LogP) is 2.89. The normalized spacial score (nSPS) is 11.5. The molecule has 0 fully saturated rings. The number of aryl methyl sites for hydroxylation is 2. The van der Waals surface area contributed by atoms with Gasteiger partial charge in [-0.2, -0.15) is 0 Å². The lowest BCUT2D eigenvalue weighted by Gasteiger charge is -2.13. The van der Waals surface area contributed by atoms with Crippen LogP contribution in [0.5, 0.6) is 0 Å². The molecule has 1 aromatic carbocycles. The minimum Gasteiger partial charge on any atom is -0.385 e. The summed E-state index contributed by atoms with van der Waals surface area (Å²) < 4.78 is 7.21. The summed E-state index contributed by atoms with van der Waals surface area (Å²) >= 11 is 0. The topological polar surface area (TPSA) is 91.7 Å². The van der Waals surface area contributed by atoms with Crippen molar-refractivity contribution in [2.24, 2.45) is 0 Å². The third-order valence-electron chi connectivity index (χ3n) is 4.75. The summed E-state index contributed by atoms with van der Waals surface area (Å²) in [5.41, 5.74) is 11.7. The molecule has 7 nitrogen and oxygen atoms in total. The predicted molar refractivity (Wildman–Crippen MR) is 106 cm³/mol. The second-order valence-corrected chi connectivity index (χ2v) is 6.64. The fourth-order valence-corrected chi connectivity index (χ4v) is 3.36. The molecule has 0 aliphatic rings. The number of nitrogens with zero attached hydrogens (tertiary/aromatic N) is 5. The smallest absolute Gasteiger partial charge is 0.165 e. The summed E-state index contributed by atoms with van der Waals surface area (Å²) in [6.07, 6.45) is 5.01. The maximum atomic E-state index is 5.91. The number of hydrogen-bond acceptors (Lipinski definition) is 6. The number of benzene rings is 1. The fraction of sp³-hybridized carbons (Fsp3) is 0.300. The number of anilines is 1. The summed E-state index contributed by atoms with van der Waals surface area (Å²) in [7, 11) is 1.72. The van der Waals surface area contributed by atoms with E-state index in [9.17, 15) is 0 Å². The Bertz CT molecular complexity index is 1100. The number of nitrogens with two attached hydrogens (primary N) is 1. The second kappa shape index (κ2) is 7.28. The van der Waals surface area contributed by atoms with Crippen molar-refractivity contribution in [1.82, 2.24) is 24.5 Å². The molecular formula is C20H22N6O. The van der Waals surface area contributed by atoms with Crippen molar-refractivity contribution in [2.45, 2.75) is 26.3 Å². The number of nitrogen functional groups attached to an aromatic ring is 1. The molecule has 0 saturated carbocycles. The average Bonchev–Trinajstić information content (AvgIpc) is 3.07. The van der Waals surface area contributed by atoms with Crippen LogP contribution in [0, 0.1) is 6.92 Å². The molecule has 3 aromatic heterocycles.